The summed E-state index contributed by atoms with van der Waals surface area (Å²) in [6.07, 6.45) is 0. The number of hydrogen-bond acceptors (Lipinski definition) is 2. The summed E-state index contributed by atoms with van der Waals surface area (Å²) >= 11 is 0. The Kier molecular flexibility index (Phi) is 7.90. The van der Waals surface area contributed by atoms with Crippen LogP contribution in [-0.2, 0) is 10.8 Å². The first-order chi connectivity index (χ1) is 31.5. The van der Waals surface area contributed by atoms with Crippen molar-refractivity contribution in [1.82, 2.24) is 0 Å². The molecule has 2 heteroatoms. The molecule has 302 valence electrons. The number of para-hydroxylation sites is 2. The average Bonchev–Trinajstić information content (AvgIpc) is 3.96. The zero-order valence-electron chi connectivity index (χ0n) is 35.7. The van der Waals surface area contributed by atoms with Crippen LogP contribution in [0.3, 0.4) is 0 Å². The molecular weight excluding hydrogens is 775 g/mol. The van der Waals surface area contributed by atoms with Crippen molar-refractivity contribution in [2.45, 2.75) is 24.7 Å². The molecule has 64 heavy (non-hydrogen) atoms. The Bertz CT molecular complexity index is 3610. The minimum Gasteiger partial charge on any atom is -0.456 e. The van der Waals surface area contributed by atoms with E-state index < -0.39 is 5.41 Å². The van der Waals surface area contributed by atoms with E-state index in [0.717, 1.165) is 44.6 Å². The third-order valence-corrected chi connectivity index (χ3v) is 14.3. The summed E-state index contributed by atoms with van der Waals surface area (Å²) in [4.78, 5) is 2.52. The molecule has 2 nitrogen and oxygen atoms in total. The maximum Gasteiger partial charge on any atom is 0.136 e. The maximum atomic E-state index is 6.51. The van der Waals surface area contributed by atoms with E-state index in [4.69, 9.17) is 4.42 Å². The van der Waals surface area contributed by atoms with Crippen molar-refractivity contribution in [1.29, 1.82) is 0 Å². The molecule has 0 radical (unpaired) electrons. The fourth-order valence-corrected chi connectivity index (χ4v) is 11.5. The standard InChI is InChI=1S/C62H43NO/c1-61(2)52-28-13-9-23-45(52)47-35-33-43(38-54(47)61)63(56-30-15-11-25-49(56)50-27-17-18-40-32-37-58-60(59(40)50)51-26-12-16-31-57(51)64-58)44-34-36-48-46-24-10-14-29-53(46)62(55(48)39-44,41-19-5-3-6-20-41)42-21-7-4-8-22-42/h3-39H,1-2H3. The lowest BCUT2D eigenvalue weighted by Gasteiger charge is -2.35. The summed E-state index contributed by atoms with van der Waals surface area (Å²) in [5, 5.41) is 4.65. The van der Waals surface area contributed by atoms with Gasteiger partial charge in [-0.05, 0) is 109 Å². The van der Waals surface area contributed by atoms with Gasteiger partial charge in [0.1, 0.15) is 11.2 Å². The highest BCUT2D eigenvalue weighted by atomic mass is 16.3. The van der Waals surface area contributed by atoms with Crippen molar-refractivity contribution < 1.29 is 4.42 Å². The fraction of sp³-hybridized carbons (Fsp3) is 0.0645. The molecule has 0 atom stereocenters. The zero-order valence-corrected chi connectivity index (χ0v) is 35.7. The van der Waals surface area contributed by atoms with Gasteiger partial charge in [-0.25, -0.2) is 0 Å². The molecule has 0 spiro atoms. The number of anilines is 3. The highest BCUT2D eigenvalue weighted by Gasteiger charge is 2.46. The molecule has 13 rings (SSSR count). The summed E-state index contributed by atoms with van der Waals surface area (Å²) in [6, 6.07) is 82.9. The molecule has 1 heterocycles. The van der Waals surface area contributed by atoms with Crippen LogP contribution in [0.2, 0.25) is 0 Å². The molecular formula is C62H43NO. The molecule has 0 amide bonds. The minimum atomic E-state index is -0.541. The van der Waals surface area contributed by atoms with Gasteiger partial charge in [-0.1, -0.05) is 196 Å². The average molecular weight is 818 g/mol. The van der Waals surface area contributed by atoms with Gasteiger partial charge in [0.15, 0.2) is 0 Å². The lowest BCUT2D eigenvalue weighted by Crippen LogP contribution is -2.28. The van der Waals surface area contributed by atoms with Gasteiger partial charge >= 0.3 is 0 Å². The van der Waals surface area contributed by atoms with E-state index in [1.54, 1.807) is 0 Å². The van der Waals surface area contributed by atoms with Crippen LogP contribution >= 0.6 is 0 Å². The Morgan fingerprint density at radius 3 is 1.64 bits per heavy atom. The molecule has 0 N–H and O–H groups in total. The maximum absolute atomic E-state index is 6.51. The van der Waals surface area contributed by atoms with Crippen molar-refractivity contribution >= 4 is 49.8 Å². The van der Waals surface area contributed by atoms with Gasteiger partial charge in [0.25, 0.3) is 0 Å². The monoisotopic (exact) mass is 817 g/mol. The van der Waals surface area contributed by atoms with E-state index in [2.05, 4.69) is 243 Å². The van der Waals surface area contributed by atoms with Crippen LogP contribution in [0.1, 0.15) is 47.2 Å². The topological polar surface area (TPSA) is 16.4 Å². The number of hydrogen-bond donors (Lipinski definition) is 0. The van der Waals surface area contributed by atoms with Crippen LogP contribution in [0.25, 0.3) is 66.1 Å². The number of benzene rings is 10. The molecule has 0 fully saturated rings. The molecule has 0 saturated carbocycles. The van der Waals surface area contributed by atoms with Crippen LogP contribution in [-0.4, -0.2) is 0 Å². The Labute approximate surface area is 373 Å². The predicted octanol–water partition coefficient (Wildman–Crippen LogP) is 16.5. The Morgan fingerprint density at radius 1 is 0.359 bits per heavy atom. The van der Waals surface area contributed by atoms with E-state index in [-0.39, 0.29) is 5.41 Å². The van der Waals surface area contributed by atoms with Gasteiger partial charge in [0.2, 0.25) is 0 Å². The summed E-state index contributed by atoms with van der Waals surface area (Å²) in [7, 11) is 0. The minimum absolute atomic E-state index is 0.175. The molecule has 0 unspecified atom stereocenters. The van der Waals surface area contributed by atoms with Gasteiger partial charge in [-0.3, -0.25) is 0 Å². The molecule has 10 aromatic carbocycles. The van der Waals surface area contributed by atoms with Crippen molar-refractivity contribution in [3.05, 3.63) is 258 Å². The Morgan fingerprint density at radius 2 is 0.906 bits per heavy atom. The quantitative estimate of drug-likeness (QED) is 0.166. The summed E-state index contributed by atoms with van der Waals surface area (Å²) in [6.45, 7) is 4.74. The highest BCUT2D eigenvalue weighted by molar-refractivity contribution is 6.23. The Hall–Kier alpha value is -7.94. The van der Waals surface area contributed by atoms with Crippen molar-refractivity contribution in [2.24, 2.45) is 0 Å². The van der Waals surface area contributed by atoms with Gasteiger partial charge in [-0.2, -0.15) is 0 Å². The van der Waals surface area contributed by atoms with E-state index in [0.29, 0.717) is 0 Å². The second-order valence-electron chi connectivity index (χ2n) is 18.0. The SMILES string of the molecule is CC1(C)c2ccccc2-c2ccc(N(c3ccc4c(c3)C(c3ccccc3)(c3ccccc3)c3ccccc3-4)c3ccccc3-c3cccc4ccc5oc6ccccc6c5c34)cc21. The van der Waals surface area contributed by atoms with E-state index >= 15 is 0 Å². The first kappa shape index (κ1) is 36.7. The number of nitrogens with zero attached hydrogens (tertiary/aromatic N) is 1. The molecule has 2 aliphatic rings. The van der Waals surface area contributed by atoms with Gasteiger partial charge in [0, 0.05) is 38.5 Å². The zero-order chi connectivity index (χ0) is 42.6. The summed E-state index contributed by atoms with van der Waals surface area (Å²) in [5.74, 6) is 0. The number of rotatable bonds is 6. The van der Waals surface area contributed by atoms with Crippen LogP contribution in [0.5, 0.6) is 0 Å². The van der Waals surface area contributed by atoms with Gasteiger partial charge in [0.05, 0.1) is 11.1 Å². The van der Waals surface area contributed by atoms with Crippen LogP contribution < -0.4 is 4.90 Å². The van der Waals surface area contributed by atoms with E-state index in [9.17, 15) is 0 Å². The van der Waals surface area contributed by atoms with Gasteiger partial charge < -0.3 is 9.32 Å². The largest absolute Gasteiger partial charge is 0.456 e. The van der Waals surface area contributed by atoms with Crippen LogP contribution in [0.4, 0.5) is 17.1 Å². The fourth-order valence-electron chi connectivity index (χ4n) is 11.5. The molecule has 11 aromatic rings. The molecule has 1 aromatic heterocycles. The first-order valence-electron chi connectivity index (χ1n) is 22.3. The normalized spacial score (nSPS) is 14.0. The third kappa shape index (κ3) is 5.08. The Balaban J connectivity index is 1.11. The molecule has 2 aliphatic carbocycles. The van der Waals surface area contributed by atoms with Crippen molar-refractivity contribution in [3.8, 4) is 33.4 Å². The van der Waals surface area contributed by atoms with Crippen LogP contribution in [0, 0.1) is 0 Å². The van der Waals surface area contributed by atoms with Crippen molar-refractivity contribution in [3.63, 3.8) is 0 Å². The summed E-state index contributed by atoms with van der Waals surface area (Å²) < 4.78 is 6.51. The van der Waals surface area contributed by atoms with Gasteiger partial charge in [-0.15, -0.1) is 0 Å². The van der Waals surface area contributed by atoms with Crippen molar-refractivity contribution in [2.75, 3.05) is 4.90 Å². The number of furan rings is 1. The second kappa shape index (κ2) is 13.8. The molecule has 0 saturated heterocycles. The lowest BCUT2D eigenvalue weighted by molar-refractivity contribution is 0.660. The smallest absolute Gasteiger partial charge is 0.136 e. The second-order valence-corrected chi connectivity index (χ2v) is 18.0. The first-order valence-corrected chi connectivity index (χ1v) is 22.3. The molecule has 0 aliphatic heterocycles. The number of fused-ring (bicyclic) bond motifs is 11. The lowest BCUT2D eigenvalue weighted by atomic mass is 9.67. The third-order valence-electron chi connectivity index (χ3n) is 14.3. The summed E-state index contributed by atoms with van der Waals surface area (Å²) in [5.41, 5.74) is 19.6. The van der Waals surface area contributed by atoms with Crippen LogP contribution in [0.15, 0.2) is 229 Å². The molecule has 0 bridgehead atoms. The predicted molar refractivity (Wildman–Crippen MR) is 266 cm³/mol. The van der Waals surface area contributed by atoms with E-state index in [1.807, 2.05) is 0 Å². The van der Waals surface area contributed by atoms with E-state index in [1.165, 1.54) is 72.0 Å². The highest BCUT2D eigenvalue weighted by Crippen LogP contribution is 2.58.